The van der Waals surface area contributed by atoms with Gasteiger partial charge in [-0.2, -0.15) is 0 Å². The Morgan fingerprint density at radius 1 is 1.38 bits per heavy atom. The van der Waals surface area contributed by atoms with Crippen molar-refractivity contribution < 1.29 is 13.9 Å². The molecule has 136 valence electrons. The number of benzene rings is 1. The lowest BCUT2D eigenvalue weighted by Crippen LogP contribution is -2.42. The van der Waals surface area contributed by atoms with Gasteiger partial charge in [-0.25, -0.2) is 4.39 Å². The number of nitrogens with one attached hydrogen (secondary N) is 1. The van der Waals surface area contributed by atoms with Crippen LogP contribution in [-0.2, 0) is 4.79 Å². The molecule has 1 amide bonds. The highest BCUT2D eigenvalue weighted by Crippen LogP contribution is 2.34. The molecule has 3 aliphatic heterocycles. The molecule has 1 saturated heterocycles. The normalized spacial score (nSPS) is 21.1. The number of carbonyl (C=O) groups excluding carboxylic acids is 1. The summed E-state index contributed by atoms with van der Waals surface area (Å²) in [6.07, 6.45) is 2.33. The van der Waals surface area contributed by atoms with Crippen molar-refractivity contribution in [1.29, 1.82) is 0 Å². The number of amides is 1. The Morgan fingerprint density at radius 3 is 2.92 bits per heavy atom. The first kappa shape index (κ1) is 17.4. The molecule has 0 bridgehead atoms. The molecule has 0 spiro atoms. The minimum atomic E-state index is -0.385. The lowest BCUT2D eigenvalue weighted by Gasteiger charge is -2.32. The molecular weight excluding hydrogens is 355 g/mol. The van der Waals surface area contributed by atoms with Crippen molar-refractivity contribution in [3.05, 3.63) is 45.9 Å². The molecule has 3 aliphatic rings. The third kappa shape index (κ3) is 2.97. The minimum absolute atomic E-state index is 0.0330. The first-order chi connectivity index (χ1) is 12.6. The van der Waals surface area contributed by atoms with Crippen LogP contribution in [0.2, 0.25) is 5.02 Å². The lowest BCUT2D eigenvalue weighted by molar-refractivity contribution is -0.470. The van der Waals surface area contributed by atoms with Crippen LogP contribution in [-0.4, -0.2) is 54.1 Å². The quantitative estimate of drug-likeness (QED) is 0.807. The van der Waals surface area contributed by atoms with Crippen molar-refractivity contribution in [3.8, 4) is 0 Å². The van der Waals surface area contributed by atoms with Crippen molar-refractivity contribution in [2.75, 3.05) is 26.2 Å². The maximum Gasteiger partial charge on any atom is 0.279 e. The first-order valence-corrected chi connectivity index (χ1v) is 9.29. The summed E-state index contributed by atoms with van der Waals surface area (Å²) in [5, 5.41) is 7.86. The summed E-state index contributed by atoms with van der Waals surface area (Å²) in [7, 11) is 0. The van der Waals surface area contributed by atoms with E-state index in [1.54, 1.807) is 10.8 Å². The van der Waals surface area contributed by atoms with E-state index in [1.165, 1.54) is 6.07 Å². The lowest BCUT2D eigenvalue weighted by atomic mass is 9.89. The van der Waals surface area contributed by atoms with E-state index < -0.39 is 0 Å². The van der Waals surface area contributed by atoms with E-state index in [2.05, 4.69) is 17.1 Å². The average molecular weight is 376 g/mol. The van der Waals surface area contributed by atoms with Crippen molar-refractivity contribution in [3.63, 3.8) is 0 Å². The Morgan fingerprint density at radius 2 is 2.15 bits per heavy atom. The number of hydrogen-bond donors (Lipinski definition) is 1. The van der Waals surface area contributed by atoms with Gasteiger partial charge in [-0.3, -0.25) is 4.79 Å². The molecule has 0 unspecified atom stereocenters. The van der Waals surface area contributed by atoms with E-state index in [-0.39, 0.29) is 22.7 Å². The number of rotatable bonds is 2. The Labute approximate surface area is 156 Å². The van der Waals surface area contributed by atoms with Crippen LogP contribution in [0.25, 0.3) is 0 Å². The molecule has 5 nitrogen and oxygen atoms in total. The number of nitrogens with zero attached hydrogens (tertiary/aromatic N) is 3. The zero-order valence-corrected chi connectivity index (χ0v) is 15.2. The van der Waals surface area contributed by atoms with Crippen molar-refractivity contribution in [1.82, 2.24) is 10.2 Å². The molecule has 1 aromatic carbocycles. The summed E-state index contributed by atoms with van der Waals surface area (Å²) in [6, 6.07) is 4.94. The highest BCUT2D eigenvalue weighted by molar-refractivity contribution is 6.45. The van der Waals surface area contributed by atoms with Gasteiger partial charge >= 0.3 is 0 Å². The van der Waals surface area contributed by atoms with E-state index in [1.807, 2.05) is 11.0 Å². The standard InChI is InChI=1S/C19H21ClFN4O/c1-24-16-11-22-8-5-14(16)18(23-24)19(26)25-9-6-12(7-10-25)13-3-2-4-15(21)17(13)20/h2-4,12,22H,1,5-11H2/q+1. The maximum atomic E-state index is 13.7. The van der Waals surface area contributed by atoms with E-state index in [0.717, 1.165) is 42.6 Å². The fourth-order valence-electron chi connectivity index (χ4n) is 3.97. The molecule has 26 heavy (non-hydrogen) atoms. The number of halogens is 2. The molecule has 7 heteroatoms. The summed E-state index contributed by atoms with van der Waals surface area (Å²) in [6.45, 7) is 6.67. The molecule has 4 rings (SSSR count). The fraction of sp³-hybridized carbons (Fsp3) is 0.421. The smallest absolute Gasteiger partial charge is 0.279 e. The third-order valence-corrected chi connectivity index (χ3v) is 5.82. The predicted molar refractivity (Wildman–Crippen MR) is 99.3 cm³/mol. The van der Waals surface area contributed by atoms with Crippen LogP contribution in [0.4, 0.5) is 4.39 Å². The molecular formula is C19H21ClFN4O+. The number of piperidine rings is 1. The summed E-state index contributed by atoms with van der Waals surface area (Å²) < 4.78 is 15.3. The van der Waals surface area contributed by atoms with Gasteiger partial charge < -0.3 is 10.2 Å². The van der Waals surface area contributed by atoms with Gasteiger partial charge in [-0.1, -0.05) is 28.4 Å². The van der Waals surface area contributed by atoms with E-state index >= 15 is 0 Å². The number of hydrogen-bond acceptors (Lipinski definition) is 3. The van der Waals surface area contributed by atoms with Crippen molar-refractivity contribution in [2.24, 2.45) is 5.10 Å². The molecule has 1 aromatic rings. The van der Waals surface area contributed by atoms with Gasteiger partial charge in [0.1, 0.15) is 5.82 Å². The number of carbonyl (C=O) groups is 1. The van der Waals surface area contributed by atoms with E-state index in [0.29, 0.717) is 25.3 Å². The topological polar surface area (TPSA) is 47.7 Å². The molecule has 0 aromatic heterocycles. The summed E-state index contributed by atoms with van der Waals surface area (Å²) in [5.41, 5.74) is 3.36. The average Bonchev–Trinajstić information content (AvgIpc) is 3.01. The largest absolute Gasteiger partial charge is 0.337 e. The van der Waals surface area contributed by atoms with Crippen molar-refractivity contribution >= 4 is 29.9 Å². The van der Waals surface area contributed by atoms with Crippen LogP contribution in [0.15, 0.2) is 34.6 Å². The Bertz CT molecular complexity index is 840. The van der Waals surface area contributed by atoms with E-state index in [4.69, 9.17) is 11.6 Å². The molecule has 0 saturated carbocycles. The summed E-state index contributed by atoms with van der Waals surface area (Å²) in [4.78, 5) is 14.8. The monoisotopic (exact) mass is 375 g/mol. The van der Waals surface area contributed by atoms with E-state index in [9.17, 15) is 9.18 Å². The fourth-order valence-corrected chi connectivity index (χ4v) is 4.25. The second kappa shape index (κ2) is 6.93. The highest BCUT2D eigenvalue weighted by atomic mass is 35.5. The van der Waals surface area contributed by atoms with Gasteiger partial charge in [-0.05, 0) is 36.8 Å². The SMILES string of the molecule is C=[N+]1N=C(C(=O)N2CCC(c3cccc(F)c3Cl)CC2)C2=C1CNCC2. The highest BCUT2D eigenvalue weighted by Gasteiger charge is 2.39. The molecule has 1 N–H and O–H groups in total. The van der Waals surface area contributed by atoms with Crippen LogP contribution in [0.3, 0.4) is 0 Å². The summed E-state index contributed by atoms with van der Waals surface area (Å²) in [5.74, 6) is -0.246. The van der Waals surface area contributed by atoms with Crippen molar-refractivity contribution in [2.45, 2.75) is 25.2 Å². The van der Waals surface area contributed by atoms with Gasteiger partial charge in [0.25, 0.3) is 5.91 Å². The molecule has 0 aliphatic carbocycles. The number of likely N-dealkylation sites (tertiary alicyclic amines) is 1. The number of hydrazone groups is 1. The zero-order chi connectivity index (χ0) is 18.3. The molecule has 0 radical (unpaired) electrons. The third-order valence-electron chi connectivity index (χ3n) is 5.42. The van der Waals surface area contributed by atoms with Gasteiger partial charge in [0.05, 0.1) is 17.1 Å². The van der Waals surface area contributed by atoms with Crippen LogP contribution in [0, 0.1) is 5.82 Å². The Balaban J connectivity index is 1.46. The van der Waals surface area contributed by atoms with Crippen LogP contribution < -0.4 is 5.32 Å². The second-order valence-electron chi connectivity index (χ2n) is 6.91. The first-order valence-electron chi connectivity index (χ1n) is 8.91. The van der Waals surface area contributed by atoms with Gasteiger partial charge in [0.15, 0.2) is 6.72 Å². The van der Waals surface area contributed by atoms with Gasteiger partial charge in [-0.15, -0.1) is 0 Å². The van der Waals surface area contributed by atoms with Crippen LogP contribution in [0.5, 0.6) is 0 Å². The Kier molecular flexibility index (Phi) is 4.63. The minimum Gasteiger partial charge on any atom is -0.337 e. The molecule has 3 heterocycles. The summed E-state index contributed by atoms with van der Waals surface area (Å²) >= 11 is 6.12. The zero-order valence-electron chi connectivity index (χ0n) is 14.5. The van der Waals surface area contributed by atoms with Gasteiger partial charge in [0.2, 0.25) is 11.4 Å². The molecule has 0 atom stereocenters. The predicted octanol–water partition coefficient (Wildman–Crippen LogP) is 2.52. The van der Waals surface area contributed by atoms with Gasteiger partial charge in [0, 0.05) is 24.7 Å². The van der Waals surface area contributed by atoms with Crippen LogP contribution in [0.1, 0.15) is 30.7 Å². The maximum absolute atomic E-state index is 13.7. The second-order valence-corrected chi connectivity index (χ2v) is 7.29. The molecule has 1 fully saturated rings. The van der Waals surface area contributed by atoms with Crippen LogP contribution >= 0.6 is 11.6 Å². The Hall–Kier alpha value is -2.05.